The van der Waals surface area contributed by atoms with Crippen LogP contribution in [0.1, 0.15) is 106 Å². The van der Waals surface area contributed by atoms with Crippen molar-refractivity contribution >= 4 is 35.5 Å². The quantitative estimate of drug-likeness (QED) is 0.279. The summed E-state index contributed by atoms with van der Waals surface area (Å²) >= 11 is 0. The van der Waals surface area contributed by atoms with Crippen LogP contribution in [0.4, 0.5) is 0 Å². The molecule has 0 fully saturated rings. The van der Waals surface area contributed by atoms with Gasteiger partial charge in [0, 0.05) is 29.6 Å². The van der Waals surface area contributed by atoms with Gasteiger partial charge in [0.2, 0.25) is 0 Å². The summed E-state index contributed by atoms with van der Waals surface area (Å²) in [5, 5.41) is 18.9. The second-order valence-electron chi connectivity index (χ2n) is 7.11. The fourth-order valence-corrected chi connectivity index (χ4v) is 3.38. The Labute approximate surface area is 181 Å². The van der Waals surface area contributed by atoms with Crippen molar-refractivity contribution in [3.05, 3.63) is 29.3 Å². The van der Waals surface area contributed by atoms with Gasteiger partial charge >= 0.3 is 5.97 Å². The molecule has 2 N–H and O–H groups in total. The molecule has 0 unspecified atom stereocenters. The molecule has 0 heterocycles. The van der Waals surface area contributed by atoms with E-state index in [4.69, 9.17) is 0 Å². The van der Waals surface area contributed by atoms with Gasteiger partial charge in [-0.15, -0.1) is 0 Å². The third-order valence-electron chi connectivity index (χ3n) is 4.89. The van der Waals surface area contributed by atoms with Gasteiger partial charge in [0.25, 0.3) is 0 Å². The molecule has 1 aromatic rings. The summed E-state index contributed by atoms with van der Waals surface area (Å²) in [6, 6.07) is 4.97. The van der Waals surface area contributed by atoms with Gasteiger partial charge in [-0.1, -0.05) is 96.1 Å². The van der Waals surface area contributed by atoms with E-state index in [0.29, 0.717) is 0 Å². The van der Waals surface area contributed by atoms with Crippen molar-refractivity contribution in [2.75, 3.05) is 0 Å². The molecule has 0 aliphatic carbocycles. The summed E-state index contributed by atoms with van der Waals surface area (Å²) in [6.45, 7) is 2.26. The first-order chi connectivity index (χ1) is 12.2. The van der Waals surface area contributed by atoms with E-state index in [9.17, 15) is 15.0 Å². The van der Waals surface area contributed by atoms with Gasteiger partial charge in [-0.25, -0.2) is 4.79 Å². The number of aromatic carboxylic acids is 1. The molecular weight excluding hydrogens is 335 g/mol. The summed E-state index contributed by atoms with van der Waals surface area (Å²) in [4.78, 5) is 11.2. The van der Waals surface area contributed by atoms with E-state index in [1.54, 1.807) is 6.07 Å². The average molecular weight is 372 g/mol. The number of carboxylic acid groups (broad SMARTS) is 1. The summed E-state index contributed by atoms with van der Waals surface area (Å²) in [5.41, 5.74) is 0.817. The molecule has 1 rings (SSSR count). The van der Waals surface area contributed by atoms with Crippen LogP contribution in [-0.2, 0) is 6.42 Å². The molecule has 0 bridgehead atoms. The number of hydrogen-bond acceptors (Lipinski definition) is 2. The van der Waals surface area contributed by atoms with E-state index in [2.05, 4.69) is 6.92 Å². The first kappa shape index (κ1) is 25.5. The molecule has 0 aliphatic heterocycles. The Balaban J connectivity index is 0.00000625. The van der Waals surface area contributed by atoms with Gasteiger partial charge in [-0.05, 0) is 24.5 Å². The van der Waals surface area contributed by atoms with Gasteiger partial charge in [0.15, 0.2) is 0 Å². The Morgan fingerprint density at radius 3 is 1.73 bits per heavy atom. The number of aryl methyl sites for hydroxylation is 1. The second kappa shape index (κ2) is 16.6. The van der Waals surface area contributed by atoms with Crippen LogP contribution in [0.5, 0.6) is 5.75 Å². The van der Waals surface area contributed by atoms with E-state index >= 15 is 0 Å². The number of unbranched alkanes of at least 4 members (excludes halogenated alkanes) is 12. The zero-order valence-electron chi connectivity index (χ0n) is 16.9. The van der Waals surface area contributed by atoms with E-state index < -0.39 is 5.97 Å². The maximum absolute atomic E-state index is 11.2. The first-order valence-electron chi connectivity index (χ1n) is 10.2. The largest absolute Gasteiger partial charge is 0.507 e. The van der Waals surface area contributed by atoms with Gasteiger partial charge in [0.05, 0.1) is 0 Å². The van der Waals surface area contributed by atoms with Crippen LogP contribution in [-0.4, -0.2) is 45.7 Å². The van der Waals surface area contributed by atoms with Gasteiger partial charge < -0.3 is 10.2 Å². The first-order valence-corrected chi connectivity index (χ1v) is 10.2. The molecule has 1 radical (unpaired) electrons. The predicted molar refractivity (Wildman–Crippen MR) is 110 cm³/mol. The number of hydrogen-bond donors (Lipinski definition) is 2. The third kappa shape index (κ3) is 11.3. The SMILES string of the molecule is CCCCCCCCCCCCCCCc1cccc(O)c1C(=O)O.[Na]. The fraction of sp³-hybridized carbons (Fsp3) is 0.682. The van der Waals surface area contributed by atoms with Crippen LogP contribution in [0.3, 0.4) is 0 Å². The van der Waals surface area contributed by atoms with Crippen molar-refractivity contribution in [3.63, 3.8) is 0 Å². The number of rotatable bonds is 15. The Hall–Kier alpha value is -0.510. The monoisotopic (exact) mass is 371 g/mol. The minimum atomic E-state index is -1.04. The predicted octanol–water partition coefficient (Wildman–Crippen LogP) is 6.34. The Morgan fingerprint density at radius 1 is 0.808 bits per heavy atom. The van der Waals surface area contributed by atoms with Crippen LogP contribution < -0.4 is 0 Å². The summed E-state index contributed by atoms with van der Waals surface area (Å²) < 4.78 is 0. The van der Waals surface area contributed by atoms with Crippen molar-refractivity contribution in [1.29, 1.82) is 0 Å². The Kier molecular flexibility index (Phi) is 16.3. The molecule has 26 heavy (non-hydrogen) atoms. The van der Waals surface area contributed by atoms with Crippen molar-refractivity contribution in [2.24, 2.45) is 0 Å². The molecule has 1 aromatic carbocycles. The molecule has 0 saturated carbocycles. The van der Waals surface area contributed by atoms with Crippen LogP contribution >= 0.6 is 0 Å². The zero-order chi connectivity index (χ0) is 18.3. The summed E-state index contributed by atoms with van der Waals surface area (Å²) in [5.74, 6) is -1.16. The number of benzene rings is 1. The number of carbonyl (C=O) groups is 1. The van der Waals surface area contributed by atoms with Crippen molar-refractivity contribution in [2.45, 2.75) is 96.8 Å². The summed E-state index contributed by atoms with van der Waals surface area (Å²) in [7, 11) is 0. The van der Waals surface area contributed by atoms with Crippen molar-refractivity contribution in [3.8, 4) is 5.75 Å². The molecule has 0 aromatic heterocycles. The molecule has 0 saturated heterocycles. The number of aromatic hydroxyl groups is 1. The standard InChI is InChI=1S/C22H36O3.Na/c1-2-3-4-5-6-7-8-9-10-11-12-13-14-16-19-17-15-18-20(23)21(19)22(24)25;/h15,17-18,23H,2-14,16H2,1H3,(H,24,25);. The van der Waals surface area contributed by atoms with Crippen LogP contribution in [0.2, 0.25) is 0 Å². The molecule has 143 valence electrons. The normalized spacial score (nSPS) is 10.5. The van der Waals surface area contributed by atoms with Gasteiger partial charge in [0.1, 0.15) is 11.3 Å². The Morgan fingerprint density at radius 2 is 1.27 bits per heavy atom. The maximum Gasteiger partial charge on any atom is 0.339 e. The average Bonchev–Trinajstić information content (AvgIpc) is 2.58. The molecule has 0 spiro atoms. The van der Waals surface area contributed by atoms with E-state index in [0.717, 1.165) is 24.8 Å². The molecule has 0 aliphatic rings. The van der Waals surface area contributed by atoms with Crippen molar-refractivity contribution < 1.29 is 15.0 Å². The Bertz CT molecular complexity index is 488. The summed E-state index contributed by atoms with van der Waals surface area (Å²) in [6.07, 6.45) is 17.7. The maximum atomic E-state index is 11.2. The fourth-order valence-electron chi connectivity index (χ4n) is 3.38. The zero-order valence-corrected chi connectivity index (χ0v) is 18.9. The smallest absolute Gasteiger partial charge is 0.339 e. The topological polar surface area (TPSA) is 57.5 Å². The van der Waals surface area contributed by atoms with Gasteiger partial charge in [-0.3, -0.25) is 0 Å². The van der Waals surface area contributed by atoms with E-state index in [-0.39, 0.29) is 40.9 Å². The minimum absolute atomic E-state index is 0. The van der Waals surface area contributed by atoms with Crippen LogP contribution in [0.25, 0.3) is 0 Å². The molecule has 4 heteroatoms. The number of carboxylic acids is 1. The van der Waals surface area contributed by atoms with Crippen LogP contribution in [0.15, 0.2) is 18.2 Å². The molecular formula is C22H36NaO3. The van der Waals surface area contributed by atoms with Gasteiger partial charge in [-0.2, -0.15) is 0 Å². The van der Waals surface area contributed by atoms with E-state index in [1.165, 1.54) is 76.7 Å². The third-order valence-corrected chi connectivity index (χ3v) is 4.89. The molecule has 0 amide bonds. The number of phenols is 1. The van der Waals surface area contributed by atoms with Crippen LogP contribution in [0, 0.1) is 0 Å². The molecule has 0 atom stereocenters. The minimum Gasteiger partial charge on any atom is -0.507 e. The van der Waals surface area contributed by atoms with E-state index in [1.807, 2.05) is 6.07 Å². The van der Waals surface area contributed by atoms with Crippen molar-refractivity contribution in [1.82, 2.24) is 0 Å². The molecule has 3 nitrogen and oxygen atoms in total. The second-order valence-corrected chi connectivity index (χ2v) is 7.11.